The molecule has 0 amide bonds. The molecule has 0 aliphatic carbocycles. The van der Waals surface area contributed by atoms with E-state index < -0.39 is 0 Å². The van der Waals surface area contributed by atoms with Gasteiger partial charge in [0.05, 0.1) is 25.0 Å². The summed E-state index contributed by atoms with van der Waals surface area (Å²) in [6.45, 7) is 2.94. The van der Waals surface area contributed by atoms with Crippen molar-refractivity contribution in [3.63, 3.8) is 0 Å². The lowest BCUT2D eigenvalue weighted by atomic mass is 10.1. The van der Waals surface area contributed by atoms with Crippen molar-refractivity contribution in [1.82, 2.24) is 4.90 Å². The van der Waals surface area contributed by atoms with Crippen LogP contribution in [0.4, 0.5) is 0 Å². The Morgan fingerprint density at radius 1 is 1.24 bits per heavy atom. The van der Waals surface area contributed by atoms with E-state index in [0.717, 1.165) is 24.9 Å². The molecular formula is C13H15NO2S. The molecule has 1 aromatic rings. The summed E-state index contributed by atoms with van der Waals surface area (Å²) in [7, 11) is 0. The molecule has 1 aromatic carbocycles. The van der Waals surface area contributed by atoms with E-state index in [-0.39, 0.29) is 0 Å². The van der Waals surface area contributed by atoms with Crippen LogP contribution in [-0.4, -0.2) is 41.3 Å². The second kappa shape index (κ2) is 5.80. The summed E-state index contributed by atoms with van der Waals surface area (Å²) < 4.78 is 5.29. The molecule has 4 heteroatoms. The number of rotatable bonds is 2. The zero-order valence-electron chi connectivity index (χ0n) is 9.50. The van der Waals surface area contributed by atoms with Gasteiger partial charge in [-0.15, -0.1) is 0 Å². The third kappa shape index (κ3) is 2.84. The number of hydrogen-bond acceptors (Lipinski definition) is 3. The number of ether oxygens (including phenoxy) is 1. The van der Waals surface area contributed by atoms with Gasteiger partial charge in [0.15, 0.2) is 0 Å². The van der Waals surface area contributed by atoms with Crippen molar-refractivity contribution in [2.45, 2.75) is 0 Å². The van der Waals surface area contributed by atoms with Gasteiger partial charge in [-0.2, -0.15) is 0 Å². The van der Waals surface area contributed by atoms with Crippen LogP contribution in [0, 0.1) is 0 Å². The molecule has 1 fully saturated rings. The Bertz CT molecular complexity index is 411. The molecule has 1 N–H and O–H groups in total. The maximum atomic E-state index is 9.37. The van der Waals surface area contributed by atoms with Crippen LogP contribution in [0.15, 0.2) is 36.6 Å². The summed E-state index contributed by atoms with van der Waals surface area (Å²) >= 11 is 5.42. The standard InChI is InChI=1S/C13H15NO2S/c15-10-12(11-4-2-1-3-5-11)13(17)14-6-8-16-9-7-14/h1-5,10,15H,6-9H2. The molecule has 0 unspecified atom stereocenters. The lowest BCUT2D eigenvalue weighted by molar-refractivity contribution is 0.0696. The quantitative estimate of drug-likeness (QED) is 0.495. The minimum Gasteiger partial charge on any atom is -0.515 e. The van der Waals surface area contributed by atoms with Crippen molar-refractivity contribution in [2.24, 2.45) is 0 Å². The Labute approximate surface area is 106 Å². The zero-order chi connectivity index (χ0) is 12.1. The van der Waals surface area contributed by atoms with E-state index in [1.165, 1.54) is 0 Å². The molecule has 1 aliphatic rings. The van der Waals surface area contributed by atoms with Crippen molar-refractivity contribution in [3.8, 4) is 0 Å². The lowest BCUT2D eigenvalue weighted by Crippen LogP contribution is -2.40. The van der Waals surface area contributed by atoms with Gasteiger partial charge in [0.25, 0.3) is 0 Å². The van der Waals surface area contributed by atoms with E-state index in [1.54, 1.807) is 0 Å². The number of morpholine rings is 1. The van der Waals surface area contributed by atoms with E-state index >= 15 is 0 Å². The van der Waals surface area contributed by atoms with Gasteiger partial charge in [0.1, 0.15) is 4.99 Å². The predicted molar refractivity (Wildman–Crippen MR) is 72.0 cm³/mol. The molecule has 1 heterocycles. The van der Waals surface area contributed by atoms with Gasteiger partial charge < -0.3 is 14.7 Å². The highest BCUT2D eigenvalue weighted by Gasteiger charge is 2.18. The third-order valence-corrected chi connectivity index (χ3v) is 3.22. The third-order valence-electron chi connectivity index (χ3n) is 2.74. The van der Waals surface area contributed by atoms with Crippen LogP contribution in [-0.2, 0) is 4.74 Å². The zero-order valence-corrected chi connectivity index (χ0v) is 10.3. The normalized spacial score (nSPS) is 16.9. The van der Waals surface area contributed by atoms with Crippen molar-refractivity contribution < 1.29 is 9.84 Å². The number of nitrogens with zero attached hydrogens (tertiary/aromatic N) is 1. The molecule has 0 radical (unpaired) electrons. The molecule has 0 aromatic heterocycles. The number of aliphatic hydroxyl groups excluding tert-OH is 1. The number of thiocarbonyl (C=S) groups is 1. The fraction of sp³-hybridized carbons (Fsp3) is 0.308. The first-order valence-electron chi connectivity index (χ1n) is 5.60. The minimum absolute atomic E-state index is 0.682. The summed E-state index contributed by atoms with van der Waals surface area (Å²) in [4.78, 5) is 2.75. The Morgan fingerprint density at radius 2 is 1.88 bits per heavy atom. The van der Waals surface area contributed by atoms with Crippen LogP contribution in [0.1, 0.15) is 5.56 Å². The topological polar surface area (TPSA) is 32.7 Å². The van der Waals surface area contributed by atoms with Gasteiger partial charge in [0.2, 0.25) is 0 Å². The lowest BCUT2D eigenvalue weighted by Gasteiger charge is -2.30. The molecule has 0 atom stereocenters. The first-order valence-corrected chi connectivity index (χ1v) is 6.00. The fourth-order valence-electron chi connectivity index (χ4n) is 1.81. The van der Waals surface area contributed by atoms with Crippen LogP contribution >= 0.6 is 12.2 Å². The van der Waals surface area contributed by atoms with E-state index in [9.17, 15) is 5.11 Å². The van der Waals surface area contributed by atoms with Crippen LogP contribution in [0.5, 0.6) is 0 Å². The molecule has 1 saturated heterocycles. The largest absolute Gasteiger partial charge is 0.515 e. The highest BCUT2D eigenvalue weighted by molar-refractivity contribution is 7.81. The Balaban J connectivity index is 2.16. The highest BCUT2D eigenvalue weighted by Crippen LogP contribution is 2.18. The summed E-state index contributed by atoms with van der Waals surface area (Å²) in [6, 6.07) is 9.68. The summed E-state index contributed by atoms with van der Waals surface area (Å²) in [6.07, 6.45) is 1.09. The second-order valence-corrected chi connectivity index (χ2v) is 4.20. The van der Waals surface area contributed by atoms with Crippen LogP contribution in [0.3, 0.4) is 0 Å². The first kappa shape index (κ1) is 12.1. The Hall–Kier alpha value is -1.39. The predicted octanol–water partition coefficient (Wildman–Crippen LogP) is 2.25. The van der Waals surface area contributed by atoms with Crippen LogP contribution < -0.4 is 0 Å². The molecule has 17 heavy (non-hydrogen) atoms. The van der Waals surface area contributed by atoms with Gasteiger partial charge >= 0.3 is 0 Å². The number of hydrogen-bond donors (Lipinski definition) is 1. The monoisotopic (exact) mass is 249 g/mol. The molecule has 2 rings (SSSR count). The molecule has 1 aliphatic heterocycles. The molecule has 90 valence electrons. The van der Waals surface area contributed by atoms with Gasteiger partial charge in [0, 0.05) is 13.1 Å². The molecule has 0 spiro atoms. The van der Waals surface area contributed by atoms with E-state index in [4.69, 9.17) is 17.0 Å². The van der Waals surface area contributed by atoms with E-state index in [2.05, 4.69) is 4.90 Å². The minimum atomic E-state index is 0.682. The molecular weight excluding hydrogens is 234 g/mol. The number of aliphatic hydroxyl groups is 1. The van der Waals surface area contributed by atoms with Crippen molar-refractivity contribution in [1.29, 1.82) is 0 Å². The van der Waals surface area contributed by atoms with Crippen LogP contribution in [0.25, 0.3) is 5.57 Å². The van der Waals surface area contributed by atoms with Crippen LogP contribution in [0.2, 0.25) is 0 Å². The molecule has 0 saturated carbocycles. The van der Waals surface area contributed by atoms with E-state index in [0.29, 0.717) is 23.8 Å². The van der Waals surface area contributed by atoms with Gasteiger partial charge in [-0.3, -0.25) is 0 Å². The fourth-order valence-corrected chi connectivity index (χ4v) is 2.16. The average molecular weight is 249 g/mol. The second-order valence-electron chi connectivity index (χ2n) is 3.81. The summed E-state index contributed by atoms with van der Waals surface area (Å²) in [5.41, 5.74) is 1.63. The Morgan fingerprint density at radius 3 is 2.47 bits per heavy atom. The summed E-state index contributed by atoms with van der Waals surface area (Å²) in [5.74, 6) is 0. The van der Waals surface area contributed by atoms with Crippen molar-refractivity contribution >= 4 is 22.8 Å². The number of benzene rings is 1. The summed E-state index contributed by atoms with van der Waals surface area (Å²) in [5, 5.41) is 9.37. The maximum absolute atomic E-state index is 9.37. The maximum Gasteiger partial charge on any atom is 0.113 e. The first-order chi connectivity index (χ1) is 8.33. The van der Waals surface area contributed by atoms with Crippen molar-refractivity contribution in [2.75, 3.05) is 26.3 Å². The highest BCUT2D eigenvalue weighted by atomic mass is 32.1. The van der Waals surface area contributed by atoms with Crippen molar-refractivity contribution in [3.05, 3.63) is 42.2 Å². The average Bonchev–Trinajstić information content (AvgIpc) is 2.42. The molecule has 0 bridgehead atoms. The SMILES string of the molecule is OC=C(C(=S)N1CCOCC1)c1ccccc1. The van der Waals surface area contributed by atoms with Gasteiger partial charge in [-0.1, -0.05) is 42.5 Å². The smallest absolute Gasteiger partial charge is 0.113 e. The van der Waals surface area contributed by atoms with Gasteiger partial charge in [-0.25, -0.2) is 0 Å². The molecule has 3 nitrogen and oxygen atoms in total. The van der Waals surface area contributed by atoms with E-state index in [1.807, 2.05) is 30.3 Å². The van der Waals surface area contributed by atoms with Gasteiger partial charge in [-0.05, 0) is 5.56 Å². The Kier molecular flexibility index (Phi) is 4.12.